The van der Waals surface area contributed by atoms with Gasteiger partial charge < -0.3 is 5.11 Å². The van der Waals surface area contributed by atoms with Crippen LogP contribution in [0.15, 0.2) is 35.9 Å². The van der Waals surface area contributed by atoms with Gasteiger partial charge in [-0.2, -0.15) is 0 Å². The molecule has 1 nitrogen and oxygen atoms in total. The molecule has 1 atom stereocenters. The third-order valence-corrected chi connectivity index (χ3v) is 3.63. The maximum absolute atomic E-state index is 13.5. The fraction of sp³-hybridized carbons (Fsp3) is 0.500. The first-order chi connectivity index (χ1) is 8.77. The first kappa shape index (κ1) is 13.3. The lowest BCUT2D eigenvalue weighted by Gasteiger charge is -2.17. The molecule has 0 radical (unpaired) electrons. The van der Waals surface area contributed by atoms with Crippen molar-refractivity contribution in [2.45, 2.75) is 51.0 Å². The zero-order valence-corrected chi connectivity index (χ0v) is 10.7. The number of hydrogen-bond donors (Lipinski definition) is 1. The Kier molecular flexibility index (Phi) is 4.94. The number of hydrogen-bond acceptors (Lipinski definition) is 1. The highest BCUT2D eigenvalue weighted by atomic mass is 19.1. The van der Waals surface area contributed by atoms with Crippen molar-refractivity contribution in [2.24, 2.45) is 0 Å². The molecule has 0 heterocycles. The molecule has 2 heteroatoms. The van der Waals surface area contributed by atoms with Crippen molar-refractivity contribution < 1.29 is 9.50 Å². The number of benzene rings is 1. The van der Waals surface area contributed by atoms with Crippen molar-refractivity contribution in [1.82, 2.24) is 0 Å². The molecular formula is C16H21FO. The highest BCUT2D eigenvalue weighted by Crippen LogP contribution is 2.22. The maximum Gasteiger partial charge on any atom is 0.126 e. The molecule has 18 heavy (non-hydrogen) atoms. The lowest BCUT2D eigenvalue weighted by molar-refractivity contribution is 0.204. The summed E-state index contributed by atoms with van der Waals surface area (Å²) >= 11 is 0. The fourth-order valence-corrected chi connectivity index (χ4v) is 2.52. The van der Waals surface area contributed by atoms with Gasteiger partial charge in [-0.3, -0.25) is 0 Å². The molecule has 1 aromatic rings. The Balaban J connectivity index is 2.02. The van der Waals surface area contributed by atoms with E-state index in [-0.39, 0.29) is 5.82 Å². The van der Waals surface area contributed by atoms with Gasteiger partial charge in [0, 0.05) is 6.42 Å². The number of aliphatic hydroxyl groups is 1. The minimum absolute atomic E-state index is 0.219. The van der Waals surface area contributed by atoms with Gasteiger partial charge in [0.1, 0.15) is 5.82 Å². The van der Waals surface area contributed by atoms with Gasteiger partial charge in [-0.15, -0.1) is 0 Å². The number of halogens is 1. The summed E-state index contributed by atoms with van der Waals surface area (Å²) in [6, 6.07) is 6.70. The van der Waals surface area contributed by atoms with Crippen molar-refractivity contribution >= 4 is 0 Å². The van der Waals surface area contributed by atoms with Crippen LogP contribution in [0.25, 0.3) is 0 Å². The van der Waals surface area contributed by atoms with Crippen molar-refractivity contribution in [2.75, 3.05) is 0 Å². The summed E-state index contributed by atoms with van der Waals surface area (Å²) in [5.74, 6) is -0.219. The van der Waals surface area contributed by atoms with E-state index in [1.165, 1.54) is 25.3 Å². The largest absolute Gasteiger partial charge is 0.388 e. The average Bonchev–Trinajstić information content (AvgIpc) is 2.31. The average molecular weight is 248 g/mol. The topological polar surface area (TPSA) is 20.2 Å². The molecule has 2 rings (SSSR count). The van der Waals surface area contributed by atoms with Gasteiger partial charge in [0.2, 0.25) is 0 Å². The van der Waals surface area contributed by atoms with Crippen LogP contribution in [0.2, 0.25) is 0 Å². The molecule has 1 aliphatic carbocycles. The van der Waals surface area contributed by atoms with Crippen LogP contribution in [-0.2, 0) is 6.42 Å². The smallest absolute Gasteiger partial charge is 0.126 e. The van der Waals surface area contributed by atoms with E-state index >= 15 is 0 Å². The van der Waals surface area contributed by atoms with Crippen molar-refractivity contribution in [1.29, 1.82) is 0 Å². The molecule has 1 unspecified atom stereocenters. The van der Waals surface area contributed by atoms with Crippen molar-refractivity contribution in [3.63, 3.8) is 0 Å². The van der Waals surface area contributed by atoms with E-state index in [9.17, 15) is 9.50 Å². The van der Waals surface area contributed by atoms with Crippen molar-refractivity contribution in [3.05, 3.63) is 47.3 Å². The van der Waals surface area contributed by atoms with Gasteiger partial charge >= 0.3 is 0 Å². The normalized spacial score (nSPS) is 21.6. The summed E-state index contributed by atoms with van der Waals surface area (Å²) in [5.41, 5.74) is 1.70. The highest BCUT2D eigenvalue weighted by Gasteiger charge is 2.14. The SMILES string of the molecule is OC(Cc1ccccc1F)/C1=C/CCCCCC1. The number of allylic oxidation sites excluding steroid dienone is 1. The molecule has 0 amide bonds. The van der Waals surface area contributed by atoms with E-state index in [0.717, 1.165) is 24.8 Å². The molecular weight excluding hydrogens is 227 g/mol. The van der Waals surface area contributed by atoms with Crippen LogP contribution in [0.1, 0.15) is 44.1 Å². The molecule has 0 spiro atoms. The van der Waals surface area contributed by atoms with E-state index in [1.54, 1.807) is 12.1 Å². The maximum atomic E-state index is 13.5. The Morgan fingerprint density at radius 2 is 1.89 bits per heavy atom. The Morgan fingerprint density at radius 3 is 2.72 bits per heavy atom. The first-order valence-electron chi connectivity index (χ1n) is 6.88. The van der Waals surface area contributed by atoms with E-state index in [2.05, 4.69) is 6.08 Å². The van der Waals surface area contributed by atoms with Crippen LogP contribution < -0.4 is 0 Å². The predicted octanol–water partition coefficient (Wildman–Crippen LogP) is 4.01. The summed E-state index contributed by atoms with van der Waals surface area (Å²) in [4.78, 5) is 0. The van der Waals surface area contributed by atoms with Gasteiger partial charge in [0.25, 0.3) is 0 Å². The van der Waals surface area contributed by atoms with E-state index in [4.69, 9.17) is 0 Å². The zero-order chi connectivity index (χ0) is 12.8. The van der Waals surface area contributed by atoms with Gasteiger partial charge in [-0.25, -0.2) is 4.39 Å². The molecule has 0 aromatic heterocycles. The van der Waals surface area contributed by atoms with Crippen LogP contribution in [-0.4, -0.2) is 11.2 Å². The summed E-state index contributed by atoms with van der Waals surface area (Å²) in [7, 11) is 0. The lowest BCUT2D eigenvalue weighted by Crippen LogP contribution is -2.15. The zero-order valence-electron chi connectivity index (χ0n) is 10.7. The van der Waals surface area contributed by atoms with Crippen LogP contribution in [0.3, 0.4) is 0 Å². The van der Waals surface area contributed by atoms with E-state index in [1.807, 2.05) is 6.07 Å². The van der Waals surface area contributed by atoms with E-state index < -0.39 is 6.10 Å². The Hall–Kier alpha value is -1.15. The summed E-state index contributed by atoms with van der Waals surface area (Å²) < 4.78 is 13.5. The molecule has 98 valence electrons. The molecule has 1 aliphatic rings. The summed E-state index contributed by atoms with van der Waals surface area (Å²) in [6.07, 6.45) is 8.88. The molecule has 1 aromatic carbocycles. The van der Waals surface area contributed by atoms with Gasteiger partial charge in [-0.05, 0) is 42.9 Å². The van der Waals surface area contributed by atoms with Crippen LogP contribution >= 0.6 is 0 Å². The Bertz CT molecular complexity index is 411. The number of rotatable bonds is 3. The minimum atomic E-state index is -0.528. The lowest BCUT2D eigenvalue weighted by atomic mass is 9.93. The predicted molar refractivity (Wildman–Crippen MR) is 71.9 cm³/mol. The Labute approximate surface area is 108 Å². The third-order valence-electron chi connectivity index (χ3n) is 3.63. The molecule has 0 saturated carbocycles. The van der Waals surface area contributed by atoms with Gasteiger partial charge in [0.15, 0.2) is 0 Å². The molecule has 1 N–H and O–H groups in total. The van der Waals surface area contributed by atoms with E-state index in [0.29, 0.717) is 12.0 Å². The second-order valence-electron chi connectivity index (χ2n) is 5.04. The highest BCUT2D eigenvalue weighted by molar-refractivity contribution is 5.21. The summed E-state index contributed by atoms with van der Waals surface area (Å²) in [6.45, 7) is 0. The van der Waals surface area contributed by atoms with Crippen LogP contribution in [0.5, 0.6) is 0 Å². The molecule has 0 aliphatic heterocycles. The standard InChI is InChI=1S/C16H21FO/c17-15-11-7-6-10-14(15)12-16(18)13-8-4-2-1-3-5-9-13/h6-8,10-11,16,18H,1-5,9,12H2/b13-8+. The first-order valence-corrected chi connectivity index (χ1v) is 6.88. The van der Waals surface area contributed by atoms with Crippen LogP contribution in [0, 0.1) is 5.82 Å². The second-order valence-corrected chi connectivity index (χ2v) is 5.04. The fourth-order valence-electron chi connectivity index (χ4n) is 2.52. The monoisotopic (exact) mass is 248 g/mol. The second kappa shape index (κ2) is 6.69. The number of aliphatic hydroxyl groups excluding tert-OH is 1. The summed E-state index contributed by atoms with van der Waals surface area (Å²) in [5, 5.41) is 10.2. The van der Waals surface area contributed by atoms with Gasteiger partial charge in [0.05, 0.1) is 6.10 Å². The third kappa shape index (κ3) is 3.67. The molecule has 0 fully saturated rings. The minimum Gasteiger partial charge on any atom is -0.388 e. The molecule has 0 saturated heterocycles. The molecule has 0 bridgehead atoms. The quantitative estimate of drug-likeness (QED) is 0.801. The van der Waals surface area contributed by atoms with Crippen molar-refractivity contribution in [3.8, 4) is 0 Å². The van der Waals surface area contributed by atoms with Gasteiger partial charge in [-0.1, -0.05) is 37.1 Å². The van der Waals surface area contributed by atoms with Crippen LogP contribution in [0.4, 0.5) is 4.39 Å². The Morgan fingerprint density at radius 1 is 1.11 bits per heavy atom.